The zero-order chi connectivity index (χ0) is 13.4. The van der Waals surface area contributed by atoms with Crippen LogP contribution in [0.1, 0.15) is 17.2 Å². The Morgan fingerprint density at radius 1 is 1.32 bits per heavy atom. The normalized spacial score (nSPS) is 11.3. The van der Waals surface area contributed by atoms with E-state index in [4.69, 9.17) is 11.6 Å². The fourth-order valence-corrected chi connectivity index (χ4v) is 2.25. The van der Waals surface area contributed by atoms with Crippen molar-refractivity contribution in [3.8, 4) is 0 Å². The molecule has 0 atom stereocenters. The quantitative estimate of drug-likeness (QED) is 0.683. The predicted octanol–water partition coefficient (Wildman–Crippen LogP) is 1.66. The van der Waals surface area contributed by atoms with Crippen LogP contribution in [0.2, 0.25) is 0 Å². The van der Waals surface area contributed by atoms with E-state index in [9.17, 15) is 0 Å². The van der Waals surface area contributed by atoms with Crippen molar-refractivity contribution >= 4 is 22.8 Å². The Bertz CT molecular complexity index is 729. The van der Waals surface area contributed by atoms with Crippen molar-refractivity contribution < 1.29 is 0 Å². The Balaban J connectivity index is 2.16. The molecule has 0 aliphatic rings. The maximum Gasteiger partial charge on any atom is 0.160 e. The van der Waals surface area contributed by atoms with Gasteiger partial charge in [-0.2, -0.15) is 0 Å². The first-order valence-electron chi connectivity index (χ1n) is 5.90. The van der Waals surface area contributed by atoms with Gasteiger partial charge in [0.05, 0.1) is 12.4 Å². The predicted molar refractivity (Wildman–Crippen MR) is 71.9 cm³/mol. The van der Waals surface area contributed by atoms with E-state index < -0.39 is 0 Å². The summed E-state index contributed by atoms with van der Waals surface area (Å²) in [5, 5.41) is 7.97. The number of halogens is 1. The molecule has 0 N–H and O–H groups in total. The molecule has 3 rings (SSSR count). The van der Waals surface area contributed by atoms with Gasteiger partial charge in [-0.25, -0.2) is 9.97 Å². The lowest BCUT2D eigenvalue weighted by atomic mass is 10.3. The molecule has 0 saturated heterocycles. The van der Waals surface area contributed by atoms with E-state index >= 15 is 0 Å². The van der Waals surface area contributed by atoms with Crippen LogP contribution in [0, 0.1) is 6.92 Å². The van der Waals surface area contributed by atoms with Gasteiger partial charge in [0, 0.05) is 13.2 Å². The Labute approximate surface area is 115 Å². The van der Waals surface area contributed by atoms with Crippen LogP contribution in [0.25, 0.3) is 11.2 Å². The number of nitrogens with zero attached hydrogens (tertiary/aromatic N) is 6. The molecular weight excluding hydrogens is 264 g/mol. The highest BCUT2D eigenvalue weighted by molar-refractivity contribution is 6.16. The largest absolute Gasteiger partial charge is 0.319 e. The highest BCUT2D eigenvalue weighted by Gasteiger charge is 2.14. The molecule has 0 saturated carbocycles. The molecule has 0 aliphatic heterocycles. The van der Waals surface area contributed by atoms with Gasteiger partial charge in [-0.3, -0.25) is 0 Å². The number of hydrogen-bond donors (Lipinski definition) is 0. The lowest BCUT2D eigenvalue weighted by molar-refractivity contribution is 0.686. The second-order valence-electron chi connectivity index (χ2n) is 4.41. The van der Waals surface area contributed by atoms with Crippen LogP contribution >= 0.6 is 11.6 Å². The van der Waals surface area contributed by atoms with Gasteiger partial charge in [-0.05, 0) is 18.6 Å². The minimum atomic E-state index is 0.341. The van der Waals surface area contributed by atoms with Crippen molar-refractivity contribution in [2.24, 2.45) is 7.05 Å². The summed E-state index contributed by atoms with van der Waals surface area (Å²) in [4.78, 5) is 8.96. The number of fused-ring (bicyclic) bond motifs is 1. The Kier molecular flexibility index (Phi) is 2.94. The van der Waals surface area contributed by atoms with Crippen LogP contribution in [0.4, 0.5) is 0 Å². The number of pyridine rings is 1. The summed E-state index contributed by atoms with van der Waals surface area (Å²) in [5.74, 6) is 1.98. The molecule has 0 aliphatic carbocycles. The van der Waals surface area contributed by atoms with E-state index in [0.29, 0.717) is 12.4 Å². The average molecular weight is 277 g/mol. The zero-order valence-electron chi connectivity index (χ0n) is 10.7. The third-order valence-corrected chi connectivity index (χ3v) is 3.38. The molecule has 0 bridgehead atoms. The van der Waals surface area contributed by atoms with Gasteiger partial charge in [0.2, 0.25) is 0 Å². The van der Waals surface area contributed by atoms with Crippen molar-refractivity contribution in [2.45, 2.75) is 19.3 Å². The van der Waals surface area contributed by atoms with Crippen molar-refractivity contribution in [1.82, 2.24) is 29.3 Å². The topological polar surface area (TPSA) is 61.4 Å². The van der Waals surface area contributed by atoms with Gasteiger partial charge >= 0.3 is 0 Å². The van der Waals surface area contributed by atoms with E-state index in [2.05, 4.69) is 20.2 Å². The van der Waals surface area contributed by atoms with Gasteiger partial charge in [0.1, 0.15) is 17.7 Å². The molecule has 0 unspecified atom stereocenters. The monoisotopic (exact) mass is 276 g/mol. The van der Waals surface area contributed by atoms with E-state index in [-0.39, 0.29) is 0 Å². The fraction of sp³-hybridized carbons (Fsp3) is 0.333. The molecule has 0 radical (unpaired) electrons. The average Bonchev–Trinajstić information content (AvgIpc) is 2.96. The molecule has 7 heteroatoms. The van der Waals surface area contributed by atoms with E-state index in [1.807, 2.05) is 29.2 Å². The second-order valence-corrected chi connectivity index (χ2v) is 4.67. The number of imidazole rings is 1. The Hall–Kier alpha value is -1.95. The summed E-state index contributed by atoms with van der Waals surface area (Å²) in [6.45, 7) is 2.58. The molecule has 19 heavy (non-hydrogen) atoms. The summed E-state index contributed by atoms with van der Waals surface area (Å²) in [6, 6.07) is 1.94. The molecule has 0 fully saturated rings. The van der Waals surface area contributed by atoms with E-state index in [0.717, 1.165) is 28.4 Å². The minimum absolute atomic E-state index is 0.341. The molecule has 98 valence electrons. The summed E-state index contributed by atoms with van der Waals surface area (Å²) >= 11 is 5.98. The number of aryl methyl sites for hydroxylation is 2. The molecule has 0 spiro atoms. The standard InChI is InChI=1S/C12H13ClN6/c1-8-3-4-14-12-11(8)16-9(5-13)19(12)6-10-17-15-7-18(10)2/h3-4,7H,5-6H2,1-2H3. The van der Waals surface area contributed by atoms with Gasteiger partial charge in [0.15, 0.2) is 11.5 Å². The maximum atomic E-state index is 5.98. The lowest BCUT2D eigenvalue weighted by Crippen LogP contribution is -2.09. The summed E-state index contributed by atoms with van der Waals surface area (Å²) < 4.78 is 3.86. The SMILES string of the molecule is Cc1ccnc2c1nc(CCl)n2Cc1nncn1C. The third-order valence-electron chi connectivity index (χ3n) is 3.14. The first kappa shape index (κ1) is 12.1. The molecule has 0 aromatic carbocycles. The van der Waals surface area contributed by atoms with E-state index in [1.54, 1.807) is 12.5 Å². The molecule has 3 aromatic heterocycles. The molecule has 3 heterocycles. The van der Waals surface area contributed by atoms with Crippen LogP contribution in [-0.4, -0.2) is 29.3 Å². The lowest BCUT2D eigenvalue weighted by Gasteiger charge is -2.06. The third kappa shape index (κ3) is 1.98. The van der Waals surface area contributed by atoms with Crippen LogP contribution in [0.15, 0.2) is 18.6 Å². The Morgan fingerprint density at radius 3 is 2.84 bits per heavy atom. The molecular formula is C12H13ClN6. The summed E-state index contributed by atoms with van der Waals surface area (Å²) in [6.07, 6.45) is 3.46. The highest BCUT2D eigenvalue weighted by atomic mass is 35.5. The maximum absolute atomic E-state index is 5.98. The van der Waals surface area contributed by atoms with Crippen LogP contribution in [0.3, 0.4) is 0 Å². The zero-order valence-corrected chi connectivity index (χ0v) is 11.5. The van der Waals surface area contributed by atoms with Crippen LogP contribution in [-0.2, 0) is 19.5 Å². The highest BCUT2D eigenvalue weighted by Crippen LogP contribution is 2.19. The number of alkyl halides is 1. The second kappa shape index (κ2) is 4.62. The first-order valence-corrected chi connectivity index (χ1v) is 6.43. The first-order chi connectivity index (χ1) is 9.20. The smallest absolute Gasteiger partial charge is 0.160 e. The molecule has 0 amide bonds. The van der Waals surface area contributed by atoms with Crippen LogP contribution in [0.5, 0.6) is 0 Å². The van der Waals surface area contributed by atoms with Gasteiger partial charge in [-0.15, -0.1) is 21.8 Å². The van der Waals surface area contributed by atoms with Crippen LogP contribution < -0.4 is 0 Å². The number of hydrogen-bond acceptors (Lipinski definition) is 4. The molecule has 6 nitrogen and oxygen atoms in total. The van der Waals surface area contributed by atoms with Gasteiger partial charge < -0.3 is 9.13 Å². The van der Waals surface area contributed by atoms with Crippen molar-refractivity contribution in [2.75, 3.05) is 0 Å². The summed E-state index contributed by atoms with van der Waals surface area (Å²) in [5.41, 5.74) is 2.81. The Morgan fingerprint density at radius 2 is 2.16 bits per heavy atom. The van der Waals surface area contributed by atoms with Crippen molar-refractivity contribution in [3.63, 3.8) is 0 Å². The minimum Gasteiger partial charge on any atom is -0.319 e. The van der Waals surface area contributed by atoms with Gasteiger partial charge in [-0.1, -0.05) is 0 Å². The summed E-state index contributed by atoms with van der Waals surface area (Å²) in [7, 11) is 1.91. The van der Waals surface area contributed by atoms with Crippen molar-refractivity contribution in [3.05, 3.63) is 35.8 Å². The van der Waals surface area contributed by atoms with Gasteiger partial charge in [0.25, 0.3) is 0 Å². The molecule has 3 aromatic rings. The number of aromatic nitrogens is 6. The van der Waals surface area contributed by atoms with Crippen molar-refractivity contribution in [1.29, 1.82) is 0 Å². The van der Waals surface area contributed by atoms with E-state index in [1.165, 1.54) is 0 Å². The number of rotatable bonds is 3. The fourth-order valence-electron chi connectivity index (χ4n) is 2.04.